The van der Waals surface area contributed by atoms with E-state index >= 15 is 0 Å². The van der Waals surface area contributed by atoms with Crippen molar-refractivity contribution in [1.82, 2.24) is 4.98 Å². The highest BCUT2D eigenvalue weighted by Crippen LogP contribution is 2.27. The third-order valence-corrected chi connectivity index (χ3v) is 3.33. The van der Waals surface area contributed by atoms with Crippen LogP contribution >= 0.6 is 23.2 Å². The molecule has 0 aliphatic rings. The van der Waals surface area contributed by atoms with Gasteiger partial charge in [-0.1, -0.05) is 29.3 Å². The first-order valence-corrected chi connectivity index (χ1v) is 6.02. The summed E-state index contributed by atoms with van der Waals surface area (Å²) in [5.41, 5.74) is 8.46. The Kier molecular flexibility index (Phi) is 3.55. The number of benzene rings is 1. The predicted octanol–water partition coefficient (Wildman–Crippen LogP) is 3.65. The Morgan fingerprint density at radius 3 is 2.44 bits per heavy atom. The number of pyridine rings is 1. The molecule has 1 heterocycles. The Labute approximate surface area is 115 Å². The zero-order valence-corrected chi connectivity index (χ0v) is 11.2. The molecule has 0 aliphatic carbocycles. The molecule has 5 heteroatoms. The lowest BCUT2D eigenvalue weighted by molar-refractivity contribution is 1.18. The van der Waals surface area contributed by atoms with Gasteiger partial charge in [-0.15, -0.1) is 0 Å². The highest BCUT2D eigenvalue weighted by atomic mass is 35.5. The summed E-state index contributed by atoms with van der Waals surface area (Å²) in [5, 5.41) is 8.41. The van der Waals surface area contributed by atoms with Gasteiger partial charge in [0.2, 0.25) is 0 Å². The average molecular weight is 280 g/mol. The highest BCUT2D eigenvalue weighted by molar-refractivity contribution is 6.42. The number of aryl methyl sites for hydroxylation is 1. The SMILES string of the molecule is Cc1nc(-c2ccc(Cl)c(Cl)c2)ccc1C(=N)N. The van der Waals surface area contributed by atoms with Gasteiger partial charge in [-0.2, -0.15) is 0 Å². The maximum atomic E-state index is 7.41. The summed E-state index contributed by atoms with van der Waals surface area (Å²) < 4.78 is 0. The normalized spacial score (nSPS) is 10.4. The molecule has 0 amide bonds. The number of halogens is 2. The molecular weight excluding hydrogens is 269 g/mol. The van der Waals surface area contributed by atoms with Crippen LogP contribution in [0.4, 0.5) is 0 Å². The van der Waals surface area contributed by atoms with E-state index in [-0.39, 0.29) is 5.84 Å². The first kappa shape index (κ1) is 12.9. The van der Waals surface area contributed by atoms with Gasteiger partial charge in [0.1, 0.15) is 5.84 Å². The van der Waals surface area contributed by atoms with Crippen LogP contribution in [0.5, 0.6) is 0 Å². The fraction of sp³-hybridized carbons (Fsp3) is 0.0769. The van der Waals surface area contributed by atoms with Crippen molar-refractivity contribution in [3.05, 3.63) is 51.6 Å². The summed E-state index contributed by atoms with van der Waals surface area (Å²) in [6, 6.07) is 8.93. The van der Waals surface area contributed by atoms with Gasteiger partial charge in [0.15, 0.2) is 0 Å². The number of rotatable bonds is 2. The molecule has 0 bridgehead atoms. The molecular formula is C13H11Cl2N3. The second kappa shape index (κ2) is 4.96. The molecule has 0 atom stereocenters. The monoisotopic (exact) mass is 279 g/mol. The minimum absolute atomic E-state index is 0.0145. The summed E-state index contributed by atoms with van der Waals surface area (Å²) in [6.45, 7) is 1.82. The molecule has 3 nitrogen and oxygen atoms in total. The molecule has 0 saturated heterocycles. The molecule has 0 radical (unpaired) electrons. The first-order chi connectivity index (χ1) is 8.49. The molecule has 1 aromatic carbocycles. The molecule has 18 heavy (non-hydrogen) atoms. The molecule has 3 N–H and O–H groups in total. The van der Waals surface area contributed by atoms with Crippen molar-refractivity contribution in [2.75, 3.05) is 0 Å². The fourth-order valence-electron chi connectivity index (χ4n) is 1.66. The van der Waals surface area contributed by atoms with Crippen LogP contribution in [0.25, 0.3) is 11.3 Å². The van der Waals surface area contributed by atoms with Crippen molar-refractivity contribution in [3.63, 3.8) is 0 Å². The fourth-order valence-corrected chi connectivity index (χ4v) is 1.96. The molecule has 0 unspecified atom stereocenters. The second-order valence-electron chi connectivity index (χ2n) is 3.87. The van der Waals surface area contributed by atoms with Crippen molar-refractivity contribution in [3.8, 4) is 11.3 Å². The zero-order chi connectivity index (χ0) is 13.3. The summed E-state index contributed by atoms with van der Waals surface area (Å²) in [7, 11) is 0. The van der Waals surface area contributed by atoms with E-state index < -0.39 is 0 Å². The van der Waals surface area contributed by atoms with Crippen LogP contribution in [-0.4, -0.2) is 10.8 Å². The van der Waals surface area contributed by atoms with Crippen LogP contribution in [0.2, 0.25) is 10.0 Å². The lowest BCUT2D eigenvalue weighted by Crippen LogP contribution is -2.13. The van der Waals surface area contributed by atoms with E-state index in [4.69, 9.17) is 34.3 Å². The van der Waals surface area contributed by atoms with Gasteiger partial charge >= 0.3 is 0 Å². The van der Waals surface area contributed by atoms with E-state index in [1.807, 2.05) is 19.1 Å². The molecule has 0 saturated carbocycles. The Balaban J connectivity index is 2.48. The van der Waals surface area contributed by atoms with E-state index in [1.54, 1.807) is 18.2 Å². The second-order valence-corrected chi connectivity index (χ2v) is 4.69. The van der Waals surface area contributed by atoms with Crippen LogP contribution in [-0.2, 0) is 0 Å². The lowest BCUT2D eigenvalue weighted by Gasteiger charge is -2.07. The molecule has 0 fully saturated rings. The Hall–Kier alpha value is -1.58. The van der Waals surface area contributed by atoms with Gasteiger partial charge in [0.05, 0.1) is 15.7 Å². The van der Waals surface area contributed by atoms with Crippen LogP contribution in [0, 0.1) is 12.3 Å². The van der Waals surface area contributed by atoms with E-state index in [0.717, 1.165) is 11.3 Å². The molecule has 92 valence electrons. The Morgan fingerprint density at radius 2 is 1.89 bits per heavy atom. The van der Waals surface area contributed by atoms with Crippen LogP contribution in [0.15, 0.2) is 30.3 Å². The number of aromatic nitrogens is 1. The third kappa shape index (κ3) is 2.47. The molecule has 1 aromatic heterocycles. The van der Waals surface area contributed by atoms with E-state index in [2.05, 4.69) is 4.98 Å². The predicted molar refractivity (Wildman–Crippen MR) is 75.4 cm³/mol. The van der Waals surface area contributed by atoms with E-state index in [1.165, 1.54) is 0 Å². The largest absolute Gasteiger partial charge is 0.384 e. The van der Waals surface area contributed by atoms with Crippen molar-refractivity contribution in [2.45, 2.75) is 6.92 Å². The molecule has 2 aromatic rings. The number of nitrogens with two attached hydrogens (primary N) is 1. The Morgan fingerprint density at radius 1 is 1.17 bits per heavy atom. The topological polar surface area (TPSA) is 62.8 Å². The number of nitrogens with one attached hydrogen (secondary N) is 1. The minimum atomic E-state index is 0.0145. The standard InChI is InChI=1S/C13H11Cl2N3/c1-7-9(13(16)17)3-5-12(18-7)8-2-4-10(14)11(15)6-8/h2-6H,1H3,(H3,16,17). The lowest BCUT2D eigenvalue weighted by atomic mass is 10.1. The van der Waals surface area contributed by atoms with Crippen molar-refractivity contribution in [1.29, 1.82) is 5.41 Å². The number of nitrogen functional groups attached to an aromatic ring is 1. The summed E-state index contributed by atoms with van der Waals surface area (Å²) in [6.07, 6.45) is 0. The van der Waals surface area contributed by atoms with Gasteiger partial charge in [0.25, 0.3) is 0 Å². The summed E-state index contributed by atoms with van der Waals surface area (Å²) >= 11 is 11.8. The van der Waals surface area contributed by atoms with Gasteiger partial charge in [-0.25, -0.2) is 0 Å². The van der Waals surface area contributed by atoms with E-state index in [9.17, 15) is 0 Å². The van der Waals surface area contributed by atoms with Crippen molar-refractivity contribution < 1.29 is 0 Å². The minimum Gasteiger partial charge on any atom is -0.384 e. The number of hydrogen-bond donors (Lipinski definition) is 2. The quantitative estimate of drug-likeness (QED) is 0.651. The zero-order valence-electron chi connectivity index (χ0n) is 9.67. The van der Waals surface area contributed by atoms with E-state index in [0.29, 0.717) is 21.3 Å². The summed E-state index contributed by atoms with van der Waals surface area (Å²) in [4.78, 5) is 4.41. The van der Waals surface area contributed by atoms with Gasteiger partial charge < -0.3 is 5.73 Å². The summed E-state index contributed by atoms with van der Waals surface area (Å²) in [5.74, 6) is 0.0145. The van der Waals surface area contributed by atoms with Crippen LogP contribution in [0.1, 0.15) is 11.3 Å². The third-order valence-electron chi connectivity index (χ3n) is 2.59. The highest BCUT2D eigenvalue weighted by Gasteiger charge is 2.07. The van der Waals surface area contributed by atoms with Crippen LogP contribution in [0.3, 0.4) is 0 Å². The molecule has 2 rings (SSSR count). The number of amidine groups is 1. The number of nitrogens with zero attached hydrogens (tertiary/aromatic N) is 1. The average Bonchev–Trinajstić information content (AvgIpc) is 2.32. The van der Waals surface area contributed by atoms with Crippen LogP contribution < -0.4 is 5.73 Å². The van der Waals surface area contributed by atoms with Gasteiger partial charge in [-0.05, 0) is 31.2 Å². The number of hydrogen-bond acceptors (Lipinski definition) is 2. The smallest absolute Gasteiger partial charge is 0.124 e. The van der Waals surface area contributed by atoms with Gasteiger partial charge in [0, 0.05) is 16.8 Å². The maximum absolute atomic E-state index is 7.41. The first-order valence-electron chi connectivity index (χ1n) is 5.26. The maximum Gasteiger partial charge on any atom is 0.124 e. The molecule has 0 aliphatic heterocycles. The van der Waals surface area contributed by atoms with Crippen molar-refractivity contribution >= 4 is 29.0 Å². The Bertz CT molecular complexity index is 624. The van der Waals surface area contributed by atoms with Crippen molar-refractivity contribution in [2.24, 2.45) is 5.73 Å². The van der Waals surface area contributed by atoms with Gasteiger partial charge in [-0.3, -0.25) is 10.4 Å². The molecule has 0 spiro atoms.